The SMILES string of the molecule is C1=CCC(C2NC(C3=CCC4CCCCC4=C3)NC(C3CC4OC5CCCC(c6ccccc6)C5C4C4C=CC=CC43)N2)C=C1. The second-order valence-corrected chi connectivity index (χ2v) is 15.3. The zero-order chi connectivity index (χ0) is 29.7. The van der Waals surface area contributed by atoms with Crippen molar-refractivity contribution < 1.29 is 4.74 Å². The fraction of sp³-hybridized carbons (Fsp3) is 0.561. The molecule has 5 fully saturated rings. The second kappa shape index (κ2) is 12.3. The molecule has 1 aromatic rings. The summed E-state index contributed by atoms with van der Waals surface area (Å²) < 4.78 is 7.17. The first-order valence-electron chi connectivity index (χ1n) is 18.4. The summed E-state index contributed by atoms with van der Waals surface area (Å²) in [4.78, 5) is 0. The Morgan fingerprint density at radius 3 is 2.47 bits per heavy atom. The summed E-state index contributed by atoms with van der Waals surface area (Å²) >= 11 is 0. The quantitative estimate of drug-likeness (QED) is 0.331. The second-order valence-electron chi connectivity index (χ2n) is 15.3. The Balaban J connectivity index is 1.02. The lowest BCUT2D eigenvalue weighted by Crippen LogP contribution is -2.72. The maximum absolute atomic E-state index is 7.17. The minimum atomic E-state index is 0.171. The van der Waals surface area contributed by atoms with E-state index in [1.54, 1.807) is 5.57 Å². The maximum Gasteiger partial charge on any atom is 0.0856 e. The molecule has 0 aromatic heterocycles. The zero-order valence-corrected chi connectivity index (χ0v) is 26.6. The number of ether oxygens (including phenoxy) is 1. The van der Waals surface area contributed by atoms with Crippen molar-refractivity contribution in [1.29, 1.82) is 0 Å². The highest BCUT2D eigenvalue weighted by Crippen LogP contribution is 2.58. The third kappa shape index (κ3) is 5.30. The molecule has 0 spiro atoms. The monoisotopic (exact) mass is 601 g/mol. The number of hydrogen-bond acceptors (Lipinski definition) is 4. The molecule has 4 nitrogen and oxygen atoms in total. The molecule has 13 unspecified atom stereocenters. The molecule has 0 radical (unpaired) electrons. The maximum atomic E-state index is 7.17. The summed E-state index contributed by atoms with van der Waals surface area (Å²) in [6, 6.07) is 11.4. The molecule has 2 saturated heterocycles. The van der Waals surface area contributed by atoms with Gasteiger partial charge in [-0.15, -0.1) is 0 Å². The summed E-state index contributed by atoms with van der Waals surface area (Å²) in [5.74, 6) is 4.58. The lowest BCUT2D eigenvalue weighted by atomic mass is 9.56. The van der Waals surface area contributed by atoms with Crippen LogP contribution in [-0.2, 0) is 4.74 Å². The van der Waals surface area contributed by atoms with Gasteiger partial charge in [0.1, 0.15) is 0 Å². The first kappa shape index (κ1) is 28.7. The Hall–Kier alpha value is -2.50. The van der Waals surface area contributed by atoms with E-state index in [0.29, 0.717) is 53.6 Å². The molecule has 3 saturated carbocycles. The Morgan fingerprint density at radius 2 is 1.58 bits per heavy atom. The fourth-order valence-electron chi connectivity index (χ4n) is 11.0. The van der Waals surface area contributed by atoms with E-state index in [9.17, 15) is 0 Å². The average Bonchev–Trinajstić information content (AvgIpc) is 3.51. The summed E-state index contributed by atoms with van der Waals surface area (Å²) in [5, 5.41) is 12.4. The molecule has 9 rings (SSSR count). The van der Waals surface area contributed by atoms with E-state index in [0.717, 1.165) is 18.8 Å². The Morgan fingerprint density at radius 1 is 0.711 bits per heavy atom. The van der Waals surface area contributed by atoms with Gasteiger partial charge in [-0.05, 0) is 104 Å². The number of allylic oxidation sites excluding steroid dienone is 9. The fourth-order valence-corrected chi connectivity index (χ4v) is 11.0. The van der Waals surface area contributed by atoms with Crippen LogP contribution < -0.4 is 16.0 Å². The molecule has 45 heavy (non-hydrogen) atoms. The van der Waals surface area contributed by atoms with E-state index in [2.05, 4.69) is 107 Å². The first-order valence-corrected chi connectivity index (χ1v) is 18.4. The topological polar surface area (TPSA) is 45.3 Å². The smallest absolute Gasteiger partial charge is 0.0856 e. The van der Waals surface area contributed by atoms with Crippen molar-refractivity contribution in [2.75, 3.05) is 0 Å². The Bertz CT molecular complexity index is 1420. The minimum absolute atomic E-state index is 0.171. The van der Waals surface area contributed by atoms with E-state index in [1.807, 2.05) is 0 Å². The number of benzene rings is 1. The Labute approximate surface area is 270 Å². The predicted octanol–water partition coefficient (Wildman–Crippen LogP) is 7.67. The lowest BCUT2D eigenvalue weighted by molar-refractivity contribution is -0.0362. The molecule has 2 aliphatic heterocycles. The summed E-state index contributed by atoms with van der Waals surface area (Å²) in [6.45, 7) is 0. The van der Waals surface area contributed by atoms with Gasteiger partial charge in [0.25, 0.3) is 0 Å². The number of nitrogens with one attached hydrogen (secondary N) is 3. The van der Waals surface area contributed by atoms with Crippen LogP contribution in [0.15, 0.2) is 102 Å². The van der Waals surface area contributed by atoms with Crippen LogP contribution in [0.5, 0.6) is 0 Å². The van der Waals surface area contributed by atoms with Gasteiger partial charge in [-0.2, -0.15) is 0 Å². The third-order valence-electron chi connectivity index (χ3n) is 13.1. The van der Waals surface area contributed by atoms with Crippen molar-refractivity contribution >= 4 is 0 Å². The zero-order valence-electron chi connectivity index (χ0n) is 26.6. The lowest BCUT2D eigenvalue weighted by Gasteiger charge is -2.52. The molecule has 236 valence electrons. The molecule has 6 aliphatic carbocycles. The van der Waals surface area contributed by atoms with Crippen LogP contribution in [-0.4, -0.2) is 30.7 Å². The van der Waals surface area contributed by atoms with E-state index >= 15 is 0 Å². The number of rotatable bonds is 4. The molecular formula is C41H51N3O. The van der Waals surface area contributed by atoms with Gasteiger partial charge in [0.15, 0.2) is 0 Å². The van der Waals surface area contributed by atoms with E-state index in [-0.39, 0.29) is 18.5 Å². The van der Waals surface area contributed by atoms with Gasteiger partial charge in [-0.25, -0.2) is 0 Å². The number of fused-ring (bicyclic) bond motifs is 6. The standard InChI is InChI=1S/C41H51N3O/c1-3-13-27(14-4-1)31-20-11-21-35-37(31)38-33-19-10-9-18-32(33)34(25-36(38)45-35)41-43-39(28-15-5-2-6-16-28)42-40(44-41)30-23-22-26-12-7-8-17-29(26)24-30/h1-6,9-10,13-15,18-19,23-24,26,28,31-44H,7-8,11-12,16-17,20-22,25H2. The van der Waals surface area contributed by atoms with Crippen molar-refractivity contribution in [2.24, 2.45) is 41.4 Å². The molecular weight excluding hydrogens is 550 g/mol. The summed E-state index contributed by atoms with van der Waals surface area (Å²) in [6.07, 6.45) is 38.1. The van der Waals surface area contributed by atoms with E-state index < -0.39 is 0 Å². The Kier molecular flexibility index (Phi) is 7.82. The highest BCUT2D eigenvalue weighted by atomic mass is 16.5. The number of hydrogen-bond donors (Lipinski definition) is 3. The van der Waals surface area contributed by atoms with Gasteiger partial charge >= 0.3 is 0 Å². The van der Waals surface area contributed by atoms with Crippen LogP contribution in [0.2, 0.25) is 0 Å². The van der Waals surface area contributed by atoms with Crippen LogP contribution in [0.1, 0.15) is 75.7 Å². The van der Waals surface area contributed by atoms with Crippen LogP contribution in [0, 0.1) is 41.4 Å². The highest BCUT2D eigenvalue weighted by Gasteiger charge is 2.58. The van der Waals surface area contributed by atoms with Crippen LogP contribution >= 0.6 is 0 Å². The van der Waals surface area contributed by atoms with Crippen molar-refractivity contribution in [1.82, 2.24) is 16.0 Å². The minimum Gasteiger partial charge on any atom is -0.374 e. The third-order valence-corrected chi connectivity index (χ3v) is 13.1. The summed E-state index contributed by atoms with van der Waals surface area (Å²) in [7, 11) is 0. The summed E-state index contributed by atoms with van der Waals surface area (Å²) in [5.41, 5.74) is 4.70. The van der Waals surface area contributed by atoms with Gasteiger partial charge in [0, 0.05) is 5.92 Å². The van der Waals surface area contributed by atoms with Gasteiger partial charge in [0.2, 0.25) is 0 Å². The molecule has 0 bridgehead atoms. The van der Waals surface area contributed by atoms with Crippen LogP contribution in [0.4, 0.5) is 0 Å². The molecule has 3 N–H and O–H groups in total. The van der Waals surface area contributed by atoms with Crippen molar-refractivity contribution in [3.05, 3.63) is 108 Å². The van der Waals surface area contributed by atoms with Gasteiger partial charge in [-0.1, -0.05) is 110 Å². The molecule has 8 aliphatic rings. The molecule has 4 heteroatoms. The predicted molar refractivity (Wildman–Crippen MR) is 182 cm³/mol. The normalized spacial score (nSPS) is 45.1. The highest BCUT2D eigenvalue weighted by molar-refractivity contribution is 5.35. The van der Waals surface area contributed by atoms with Gasteiger partial charge in [0.05, 0.1) is 30.7 Å². The van der Waals surface area contributed by atoms with Crippen molar-refractivity contribution in [3.63, 3.8) is 0 Å². The van der Waals surface area contributed by atoms with E-state index in [1.165, 1.54) is 62.5 Å². The van der Waals surface area contributed by atoms with Crippen LogP contribution in [0.3, 0.4) is 0 Å². The molecule has 2 heterocycles. The first-order chi connectivity index (χ1) is 22.3. The van der Waals surface area contributed by atoms with Crippen molar-refractivity contribution in [2.45, 2.75) is 101 Å². The average molecular weight is 602 g/mol. The van der Waals surface area contributed by atoms with Crippen molar-refractivity contribution in [3.8, 4) is 0 Å². The molecule has 1 aromatic carbocycles. The molecule has 13 atom stereocenters. The van der Waals surface area contributed by atoms with Crippen LogP contribution in [0.25, 0.3) is 0 Å². The van der Waals surface area contributed by atoms with E-state index in [4.69, 9.17) is 4.74 Å². The van der Waals surface area contributed by atoms with Gasteiger partial charge < -0.3 is 4.74 Å². The molecule has 0 amide bonds. The largest absolute Gasteiger partial charge is 0.374 e. The van der Waals surface area contributed by atoms with Gasteiger partial charge in [-0.3, -0.25) is 16.0 Å².